The summed E-state index contributed by atoms with van der Waals surface area (Å²) in [6, 6.07) is 5.20. The zero-order valence-electron chi connectivity index (χ0n) is 14.5. The number of nitrogens with one attached hydrogen (secondary N) is 1. The Bertz CT molecular complexity index is 789. The van der Waals surface area contributed by atoms with E-state index in [0.717, 1.165) is 11.9 Å². The zero-order chi connectivity index (χ0) is 18.6. The van der Waals surface area contributed by atoms with Crippen LogP contribution in [0.3, 0.4) is 0 Å². The molecule has 2 aromatic rings. The Morgan fingerprint density at radius 2 is 2.17 bits per heavy atom. The molecule has 0 saturated carbocycles. The fraction of sp³-hybridized carbons (Fsp3) is 0.267. The molecule has 0 aliphatic rings. The maximum atomic E-state index is 11.2. The lowest BCUT2D eigenvalue weighted by Crippen LogP contribution is -2.10. The van der Waals surface area contributed by atoms with Gasteiger partial charge in [-0.2, -0.15) is 0 Å². The van der Waals surface area contributed by atoms with E-state index in [1.807, 2.05) is 0 Å². The summed E-state index contributed by atoms with van der Waals surface area (Å²) in [6.07, 6.45) is -1.62. The average molecular weight is 340 g/mol. The standard InChI is InChI=1S/C15H16ClN3O4/c1-22-10-4-3-9(12(5-10)23-2)7-17-15-11(6-13(20)21)14(16)18-8-19-15/h3-5,8H,6-7H2,1-2H3,(H,20,21)(H,17,18,19)/i6D2. The fourth-order valence-electron chi connectivity index (χ4n) is 1.89. The number of rotatable bonds is 7. The Morgan fingerprint density at radius 1 is 1.39 bits per heavy atom. The number of aromatic nitrogens is 2. The molecular formula is C15H16ClN3O4. The van der Waals surface area contributed by atoms with Crippen molar-refractivity contribution in [3.8, 4) is 11.5 Å². The van der Waals surface area contributed by atoms with Crippen molar-refractivity contribution in [3.05, 3.63) is 40.8 Å². The minimum atomic E-state index is -2.75. The summed E-state index contributed by atoms with van der Waals surface area (Å²) in [6.45, 7) is 0.198. The quantitative estimate of drug-likeness (QED) is 0.748. The number of halogens is 1. The molecule has 0 bridgehead atoms. The van der Waals surface area contributed by atoms with Gasteiger partial charge in [-0.1, -0.05) is 11.6 Å². The van der Waals surface area contributed by atoms with Crippen molar-refractivity contribution in [1.29, 1.82) is 0 Å². The molecule has 0 radical (unpaired) electrons. The summed E-state index contributed by atoms with van der Waals surface area (Å²) in [7, 11) is 3.05. The summed E-state index contributed by atoms with van der Waals surface area (Å²) in [5.41, 5.74) is 0.400. The van der Waals surface area contributed by atoms with Gasteiger partial charge in [0.15, 0.2) is 0 Å². The van der Waals surface area contributed by atoms with E-state index >= 15 is 0 Å². The van der Waals surface area contributed by atoms with E-state index in [0.29, 0.717) is 11.5 Å². The SMILES string of the molecule is [2H]C([2H])(C(=O)O)c1c(Cl)ncnc1NCc1ccc(OC)cc1OC. The summed E-state index contributed by atoms with van der Waals surface area (Å²) in [5.74, 6) is -0.525. The molecule has 8 heteroatoms. The van der Waals surface area contributed by atoms with E-state index in [1.54, 1.807) is 18.2 Å². The number of carbonyl (C=O) groups is 1. The summed E-state index contributed by atoms with van der Waals surface area (Å²) in [5, 5.41) is 11.7. The predicted octanol–water partition coefficient (Wildman–Crippen LogP) is 2.39. The lowest BCUT2D eigenvalue weighted by Gasteiger charge is -2.13. The number of benzene rings is 1. The van der Waals surface area contributed by atoms with Gasteiger partial charge in [-0.25, -0.2) is 9.97 Å². The molecule has 7 nitrogen and oxygen atoms in total. The molecule has 2 rings (SSSR count). The van der Waals surface area contributed by atoms with E-state index in [1.165, 1.54) is 14.2 Å². The number of anilines is 1. The first kappa shape index (κ1) is 14.1. The van der Waals surface area contributed by atoms with Gasteiger partial charge in [-0.3, -0.25) is 4.79 Å². The highest BCUT2D eigenvalue weighted by molar-refractivity contribution is 6.30. The molecule has 0 aliphatic heterocycles. The van der Waals surface area contributed by atoms with Gasteiger partial charge in [0.25, 0.3) is 0 Å². The van der Waals surface area contributed by atoms with Crippen molar-refractivity contribution in [1.82, 2.24) is 9.97 Å². The normalized spacial score (nSPS) is 12.1. The zero-order valence-corrected chi connectivity index (χ0v) is 13.2. The molecule has 0 fully saturated rings. The third-order valence-electron chi connectivity index (χ3n) is 2.97. The molecule has 1 heterocycles. The smallest absolute Gasteiger partial charge is 0.308 e. The predicted molar refractivity (Wildman–Crippen MR) is 85.3 cm³/mol. The summed E-state index contributed by atoms with van der Waals surface area (Å²) >= 11 is 5.90. The van der Waals surface area contributed by atoms with E-state index in [9.17, 15) is 4.79 Å². The molecule has 2 N–H and O–H groups in total. The number of carboxylic acids is 1. The maximum absolute atomic E-state index is 11.2. The average Bonchev–Trinajstić information content (AvgIpc) is 2.59. The highest BCUT2D eigenvalue weighted by Gasteiger charge is 2.14. The Balaban J connectivity index is 2.34. The first-order valence-electron chi connectivity index (χ1n) is 7.50. The second kappa shape index (κ2) is 7.64. The van der Waals surface area contributed by atoms with Gasteiger partial charge in [-0.15, -0.1) is 0 Å². The molecule has 1 aromatic heterocycles. The maximum Gasteiger partial charge on any atom is 0.308 e. The van der Waals surface area contributed by atoms with Gasteiger partial charge in [0, 0.05) is 26.5 Å². The van der Waals surface area contributed by atoms with E-state index < -0.39 is 12.3 Å². The van der Waals surface area contributed by atoms with Crippen LogP contribution in [0.25, 0.3) is 0 Å². The topological polar surface area (TPSA) is 93.6 Å². The van der Waals surface area contributed by atoms with Crippen molar-refractivity contribution >= 4 is 23.4 Å². The molecule has 122 valence electrons. The van der Waals surface area contributed by atoms with Crippen LogP contribution in [-0.4, -0.2) is 35.3 Å². The number of nitrogens with zero attached hydrogens (tertiary/aromatic N) is 2. The van der Waals surface area contributed by atoms with Crippen LogP contribution in [0.5, 0.6) is 11.5 Å². The van der Waals surface area contributed by atoms with Crippen LogP contribution in [0.15, 0.2) is 24.5 Å². The molecule has 0 spiro atoms. The van der Waals surface area contributed by atoms with Crippen LogP contribution >= 0.6 is 11.6 Å². The lowest BCUT2D eigenvalue weighted by molar-refractivity contribution is -0.136. The van der Waals surface area contributed by atoms with Crippen LogP contribution in [-0.2, 0) is 17.7 Å². The Labute approximate surface area is 141 Å². The first-order chi connectivity index (χ1) is 11.8. The Hall–Kier alpha value is -2.54. The third-order valence-corrected chi connectivity index (χ3v) is 3.26. The molecule has 0 amide bonds. The second-order valence-electron chi connectivity index (χ2n) is 4.35. The first-order valence-corrected chi connectivity index (χ1v) is 6.88. The molecule has 0 aliphatic carbocycles. The summed E-state index contributed by atoms with van der Waals surface area (Å²) in [4.78, 5) is 18.8. The second-order valence-corrected chi connectivity index (χ2v) is 4.71. The molecule has 0 atom stereocenters. The van der Waals surface area contributed by atoms with Crippen LogP contribution in [0, 0.1) is 0 Å². The lowest BCUT2D eigenvalue weighted by atomic mass is 10.1. The van der Waals surface area contributed by atoms with Crippen molar-refractivity contribution in [2.45, 2.75) is 12.9 Å². The Morgan fingerprint density at radius 3 is 2.83 bits per heavy atom. The molecule has 23 heavy (non-hydrogen) atoms. The summed E-state index contributed by atoms with van der Waals surface area (Å²) < 4.78 is 25.9. The number of hydrogen-bond donors (Lipinski definition) is 2. The van der Waals surface area contributed by atoms with Gasteiger partial charge in [0.1, 0.15) is 28.8 Å². The Kier molecular flexibility index (Phi) is 4.68. The largest absolute Gasteiger partial charge is 0.497 e. The van der Waals surface area contributed by atoms with Crippen LogP contribution in [0.4, 0.5) is 5.82 Å². The van der Waals surface area contributed by atoms with Crippen LogP contribution in [0.1, 0.15) is 13.9 Å². The number of ether oxygens (including phenoxy) is 2. The minimum Gasteiger partial charge on any atom is -0.497 e. The molecule has 0 unspecified atom stereocenters. The minimum absolute atomic E-state index is 0.00901. The van der Waals surface area contributed by atoms with Crippen molar-refractivity contribution in [2.75, 3.05) is 19.5 Å². The van der Waals surface area contributed by atoms with E-state index in [4.69, 9.17) is 28.9 Å². The van der Waals surface area contributed by atoms with Gasteiger partial charge >= 0.3 is 5.97 Å². The van der Waals surface area contributed by atoms with Gasteiger partial charge < -0.3 is 19.9 Å². The van der Waals surface area contributed by atoms with Gasteiger partial charge in [-0.05, 0) is 12.1 Å². The molecule has 1 aromatic carbocycles. The molecule has 0 saturated heterocycles. The highest BCUT2D eigenvalue weighted by atomic mass is 35.5. The van der Waals surface area contributed by atoms with Crippen molar-refractivity contribution in [3.63, 3.8) is 0 Å². The van der Waals surface area contributed by atoms with Crippen LogP contribution < -0.4 is 14.8 Å². The number of carboxylic acid groups (broad SMARTS) is 1. The fourth-order valence-corrected chi connectivity index (χ4v) is 2.07. The van der Waals surface area contributed by atoms with Crippen molar-refractivity contribution < 1.29 is 22.1 Å². The van der Waals surface area contributed by atoms with Crippen LogP contribution in [0.2, 0.25) is 5.15 Å². The number of methoxy groups -OCH3 is 2. The van der Waals surface area contributed by atoms with Gasteiger partial charge in [0.05, 0.1) is 20.6 Å². The van der Waals surface area contributed by atoms with E-state index in [2.05, 4.69) is 15.3 Å². The number of hydrogen-bond acceptors (Lipinski definition) is 6. The number of aliphatic carboxylic acids is 1. The molecular weight excluding hydrogens is 322 g/mol. The van der Waals surface area contributed by atoms with Gasteiger partial charge in [0.2, 0.25) is 0 Å². The van der Waals surface area contributed by atoms with E-state index in [-0.39, 0.29) is 23.1 Å². The highest BCUT2D eigenvalue weighted by Crippen LogP contribution is 2.26. The third kappa shape index (κ3) is 4.23. The monoisotopic (exact) mass is 339 g/mol. The van der Waals surface area contributed by atoms with Crippen molar-refractivity contribution in [2.24, 2.45) is 0 Å².